The summed E-state index contributed by atoms with van der Waals surface area (Å²) in [5, 5.41) is 18.3. The second-order valence-corrected chi connectivity index (χ2v) is 14.3. The van der Waals surface area contributed by atoms with Gasteiger partial charge in [-0.3, -0.25) is 9.59 Å². The molecule has 0 bridgehead atoms. The average molecular weight is 788 g/mol. The molecule has 4 aromatic carbocycles. The van der Waals surface area contributed by atoms with Crippen molar-refractivity contribution >= 4 is 23.9 Å². The molecule has 4 atom stereocenters. The van der Waals surface area contributed by atoms with Crippen molar-refractivity contribution in [2.45, 2.75) is 62.8 Å². The van der Waals surface area contributed by atoms with Gasteiger partial charge in [0.1, 0.15) is 19.3 Å². The Labute approximate surface area is 340 Å². The fourth-order valence-electron chi connectivity index (χ4n) is 7.00. The van der Waals surface area contributed by atoms with E-state index in [9.17, 15) is 24.3 Å². The highest BCUT2D eigenvalue weighted by atomic mass is 16.6. The van der Waals surface area contributed by atoms with Crippen molar-refractivity contribution < 1.29 is 38.5 Å². The summed E-state index contributed by atoms with van der Waals surface area (Å²) in [6, 6.07) is 32.6. The molecule has 0 spiro atoms. The highest BCUT2D eigenvalue weighted by Gasteiger charge is 2.31. The molecule has 5 rings (SSSR count). The molecule has 0 unspecified atom stereocenters. The third kappa shape index (κ3) is 12.7. The lowest BCUT2D eigenvalue weighted by Gasteiger charge is -2.24. The highest BCUT2D eigenvalue weighted by molar-refractivity contribution is 5.86. The van der Waals surface area contributed by atoms with Gasteiger partial charge in [-0.15, -0.1) is 13.2 Å². The van der Waals surface area contributed by atoms with Gasteiger partial charge in [-0.2, -0.15) is 0 Å². The number of benzene rings is 4. The summed E-state index contributed by atoms with van der Waals surface area (Å²) in [5.74, 6) is -2.52. The SMILES string of the molecule is C=CCC[C@H](NC(=O)OCC1c2ccccc2-c2ccccc21)C(=O)OC[C@H](COCc1ccccc1)NC(=O)[C@H](CC=C)CC(=O)N[C@H](CO)Cc1ccccc1. The third-order valence-electron chi connectivity index (χ3n) is 9.95. The quantitative estimate of drug-likeness (QED) is 0.0498. The number of aliphatic hydroxyl groups excluding tert-OH is 1. The number of rotatable bonds is 23. The van der Waals surface area contributed by atoms with Gasteiger partial charge in [0, 0.05) is 12.3 Å². The monoisotopic (exact) mass is 787 g/mol. The first-order valence-corrected chi connectivity index (χ1v) is 19.7. The van der Waals surface area contributed by atoms with E-state index in [-0.39, 0.29) is 58.2 Å². The van der Waals surface area contributed by atoms with Crippen molar-refractivity contribution in [2.24, 2.45) is 5.92 Å². The predicted octanol–water partition coefficient (Wildman–Crippen LogP) is 6.41. The van der Waals surface area contributed by atoms with Crippen LogP contribution in [0.25, 0.3) is 11.1 Å². The number of alkyl carbamates (subject to hydrolysis) is 1. The van der Waals surface area contributed by atoms with Crippen LogP contribution in [0.3, 0.4) is 0 Å². The van der Waals surface area contributed by atoms with Crippen LogP contribution in [-0.4, -0.2) is 73.5 Å². The lowest BCUT2D eigenvalue weighted by atomic mass is 9.98. The van der Waals surface area contributed by atoms with Crippen LogP contribution in [0.1, 0.15) is 53.9 Å². The Morgan fingerprint density at radius 2 is 1.33 bits per heavy atom. The van der Waals surface area contributed by atoms with E-state index in [0.29, 0.717) is 12.8 Å². The van der Waals surface area contributed by atoms with Gasteiger partial charge in [-0.1, -0.05) is 121 Å². The number of carbonyl (C=O) groups is 4. The number of allylic oxidation sites excluding steroid dienone is 2. The second kappa shape index (κ2) is 22.6. The lowest BCUT2D eigenvalue weighted by molar-refractivity contribution is -0.148. The van der Waals surface area contributed by atoms with E-state index in [0.717, 1.165) is 33.4 Å². The van der Waals surface area contributed by atoms with Gasteiger partial charge >= 0.3 is 12.1 Å². The van der Waals surface area contributed by atoms with Crippen LogP contribution in [-0.2, 0) is 41.6 Å². The molecule has 0 fully saturated rings. The number of nitrogens with one attached hydrogen (secondary N) is 3. The molecular formula is C47H53N3O8. The minimum atomic E-state index is -1.05. The van der Waals surface area contributed by atoms with Crippen LogP contribution in [0.4, 0.5) is 4.79 Å². The minimum Gasteiger partial charge on any atom is -0.462 e. The molecule has 304 valence electrons. The predicted molar refractivity (Wildman–Crippen MR) is 222 cm³/mol. The topological polar surface area (TPSA) is 152 Å². The minimum absolute atomic E-state index is 0.0122. The Morgan fingerprint density at radius 3 is 1.95 bits per heavy atom. The fourth-order valence-corrected chi connectivity index (χ4v) is 7.00. The molecule has 0 aromatic heterocycles. The van der Waals surface area contributed by atoms with E-state index in [2.05, 4.69) is 41.2 Å². The molecule has 4 N–H and O–H groups in total. The number of carbonyl (C=O) groups excluding carboxylic acids is 4. The molecule has 4 aromatic rings. The molecule has 3 amide bonds. The lowest BCUT2D eigenvalue weighted by Crippen LogP contribution is -2.48. The zero-order valence-electron chi connectivity index (χ0n) is 32.7. The number of ether oxygens (including phenoxy) is 3. The van der Waals surface area contributed by atoms with Crippen molar-refractivity contribution in [3.8, 4) is 11.1 Å². The van der Waals surface area contributed by atoms with E-state index in [1.54, 1.807) is 12.2 Å². The Bertz CT molecular complexity index is 1930. The number of aliphatic hydroxyl groups is 1. The average Bonchev–Trinajstić information content (AvgIpc) is 3.56. The van der Waals surface area contributed by atoms with Crippen LogP contribution in [0.2, 0.25) is 0 Å². The first-order valence-electron chi connectivity index (χ1n) is 19.7. The second-order valence-electron chi connectivity index (χ2n) is 14.3. The summed E-state index contributed by atoms with van der Waals surface area (Å²) in [6.07, 6.45) is 3.53. The van der Waals surface area contributed by atoms with Crippen LogP contribution in [0, 0.1) is 5.92 Å². The molecule has 0 saturated heterocycles. The Kier molecular flexibility index (Phi) is 16.8. The number of fused-ring (bicyclic) bond motifs is 3. The van der Waals surface area contributed by atoms with Crippen LogP contribution in [0.15, 0.2) is 135 Å². The molecule has 0 radical (unpaired) electrons. The summed E-state index contributed by atoms with van der Waals surface area (Å²) in [6.45, 7) is 7.29. The molecule has 1 aliphatic rings. The first-order chi connectivity index (χ1) is 28.3. The number of hydrogen-bond donors (Lipinski definition) is 4. The fraction of sp³-hybridized carbons (Fsp3) is 0.319. The maximum Gasteiger partial charge on any atom is 0.407 e. The smallest absolute Gasteiger partial charge is 0.407 e. The summed E-state index contributed by atoms with van der Waals surface area (Å²) < 4.78 is 17.4. The zero-order valence-corrected chi connectivity index (χ0v) is 32.7. The standard InChI is InChI=1S/C47H53N3O8/c1-3-5-25-43(50-47(55)58-32-42-40-23-14-12-21-38(40)39-22-13-15-24-41(39)42)46(54)57-31-37(30-56-29-34-19-10-7-11-20-34)49-45(53)35(16-4-2)27-44(52)48-36(28-51)26-33-17-8-6-9-18-33/h3-4,6-15,17-24,35-37,42-43,51H,1-2,5,16,25-32H2,(H,48,52)(H,49,53)(H,50,55)/t35-,36+,37+,43+/m1/s1. The molecule has 11 nitrogen and oxygen atoms in total. The summed E-state index contributed by atoms with van der Waals surface area (Å²) in [4.78, 5) is 53.5. The van der Waals surface area contributed by atoms with Gasteiger partial charge in [0.2, 0.25) is 11.8 Å². The van der Waals surface area contributed by atoms with E-state index in [1.807, 2.05) is 97.1 Å². The van der Waals surface area contributed by atoms with Crippen LogP contribution < -0.4 is 16.0 Å². The number of hydrogen-bond acceptors (Lipinski definition) is 8. The van der Waals surface area contributed by atoms with E-state index >= 15 is 0 Å². The van der Waals surface area contributed by atoms with Crippen molar-refractivity contribution in [1.29, 1.82) is 0 Å². The van der Waals surface area contributed by atoms with Crippen molar-refractivity contribution in [3.05, 3.63) is 157 Å². The van der Waals surface area contributed by atoms with Gasteiger partial charge in [0.05, 0.1) is 37.8 Å². The maximum atomic E-state index is 13.7. The summed E-state index contributed by atoms with van der Waals surface area (Å²) >= 11 is 0. The molecule has 0 heterocycles. The van der Waals surface area contributed by atoms with Crippen LogP contribution in [0.5, 0.6) is 0 Å². The van der Waals surface area contributed by atoms with E-state index in [4.69, 9.17) is 14.2 Å². The van der Waals surface area contributed by atoms with Gasteiger partial charge in [0.15, 0.2) is 0 Å². The molecule has 58 heavy (non-hydrogen) atoms. The van der Waals surface area contributed by atoms with Gasteiger partial charge in [-0.05, 0) is 59.1 Å². The van der Waals surface area contributed by atoms with E-state index < -0.39 is 47.9 Å². The molecular weight excluding hydrogens is 735 g/mol. The van der Waals surface area contributed by atoms with Gasteiger partial charge in [0.25, 0.3) is 0 Å². The Morgan fingerprint density at radius 1 is 0.707 bits per heavy atom. The molecule has 0 aliphatic heterocycles. The highest BCUT2D eigenvalue weighted by Crippen LogP contribution is 2.44. The normalized spacial score (nSPS) is 13.7. The van der Waals surface area contributed by atoms with Crippen molar-refractivity contribution in [1.82, 2.24) is 16.0 Å². The number of esters is 1. The maximum absolute atomic E-state index is 13.7. The molecule has 11 heteroatoms. The van der Waals surface area contributed by atoms with E-state index in [1.165, 1.54) is 0 Å². The Balaban J connectivity index is 1.20. The summed E-state index contributed by atoms with van der Waals surface area (Å²) in [7, 11) is 0. The summed E-state index contributed by atoms with van der Waals surface area (Å²) in [5.41, 5.74) is 6.20. The Hall–Kier alpha value is -6.04. The van der Waals surface area contributed by atoms with Crippen LogP contribution >= 0.6 is 0 Å². The molecule has 0 saturated carbocycles. The zero-order chi connectivity index (χ0) is 41.1. The van der Waals surface area contributed by atoms with Gasteiger partial charge < -0.3 is 35.3 Å². The largest absolute Gasteiger partial charge is 0.462 e. The van der Waals surface area contributed by atoms with Gasteiger partial charge in [-0.25, -0.2) is 9.59 Å². The molecule has 1 aliphatic carbocycles. The van der Waals surface area contributed by atoms with Crippen molar-refractivity contribution in [3.63, 3.8) is 0 Å². The first kappa shape index (κ1) is 43.1. The third-order valence-corrected chi connectivity index (χ3v) is 9.95. The van der Waals surface area contributed by atoms with Crippen molar-refractivity contribution in [2.75, 3.05) is 26.4 Å². The number of amides is 3.